The second-order valence-electron chi connectivity index (χ2n) is 5.05. The maximum Gasteiger partial charge on any atom is 0.225 e. The van der Waals surface area contributed by atoms with Crippen molar-refractivity contribution in [2.75, 3.05) is 5.32 Å². The van der Waals surface area contributed by atoms with Crippen molar-refractivity contribution >= 4 is 22.5 Å². The van der Waals surface area contributed by atoms with E-state index in [2.05, 4.69) is 10.4 Å². The molecule has 1 amide bonds. The van der Waals surface area contributed by atoms with E-state index in [1.165, 1.54) is 0 Å². The van der Waals surface area contributed by atoms with Crippen molar-refractivity contribution in [2.24, 2.45) is 0 Å². The molecule has 110 valence electrons. The first-order chi connectivity index (χ1) is 10.2. The molecule has 1 aliphatic heterocycles. The van der Waals surface area contributed by atoms with Gasteiger partial charge in [-0.05, 0) is 18.6 Å². The predicted molar refractivity (Wildman–Crippen MR) is 82.7 cm³/mol. The van der Waals surface area contributed by atoms with Crippen LogP contribution >= 0.6 is 0 Å². The lowest BCUT2D eigenvalue weighted by atomic mass is 10.2. The molecule has 0 saturated heterocycles. The number of para-hydroxylation sites is 1. The van der Waals surface area contributed by atoms with Crippen molar-refractivity contribution < 1.29 is 9.00 Å². The van der Waals surface area contributed by atoms with Gasteiger partial charge in [-0.3, -0.25) is 9.00 Å². The van der Waals surface area contributed by atoms with Crippen molar-refractivity contribution in [3.8, 4) is 5.69 Å². The van der Waals surface area contributed by atoms with Crippen LogP contribution in [0.25, 0.3) is 5.69 Å². The van der Waals surface area contributed by atoms with Gasteiger partial charge in [-0.1, -0.05) is 25.1 Å². The summed E-state index contributed by atoms with van der Waals surface area (Å²) in [7, 11) is -0.909. The molecular weight excluding hydrogens is 286 g/mol. The molecule has 2 heterocycles. The molecule has 0 spiro atoms. The van der Waals surface area contributed by atoms with Crippen LogP contribution in [0.15, 0.2) is 30.3 Å². The summed E-state index contributed by atoms with van der Waals surface area (Å²) in [6, 6.07) is 9.67. The van der Waals surface area contributed by atoms with Crippen molar-refractivity contribution in [3.63, 3.8) is 0 Å². The SMILES string of the molecule is CCCC(=O)Nc1c2c(nn1-c1ccccc1)C[S@@](=O)C2. The zero-order chi connectivity index (χ0) is 14.8. The van der Waals surface area contributed by atoms with Crippen LogP contribution < -0.4 is 5.32 Å². The number of anilines is 1. The Bertz CT molecular complexity index is 694. The molecule has 0 unspecified atom stereocenters. The molecule has 0 radical (unpaired) electrons. The monoisotopic (exact) mass is 303 g/mol. The third kappa shape index (κ3) is 2.76. The zero-order valence-electron chi connectivity index (χ0n) is 11.8. The molecule has 6 heteroatoms. The Hall–Kier alpha value is -1.95. The highest BCUT2D eigenvalue weighted by atomic mass is 32.2. The van der Waals surface area contributed by atoms with E-state index in [1.807, 2.05) is 37.3 Å². The molecule has 2 aromatic rings. The van der Waals surface area contributed by atoms with Gasteiger partial charge in [0.15, 0.2) is 0 Å². The zero-order valence-corrected chi connectivity index (χ0v) is 12.7. The molecular formula is C15H17N3O2S. The predicted octanol–water partition coefficient (Wildman–Crippen LogP) is 2.37. The van der Waals surface area contributed by atoms with Crippen LogP contribution in [0.5, 0.6) is 0 Å². The van der Waals surface area contributed by atoms with Gasteiger partial charge >= 0.3 is 0 Å². The number of rotatable bonds is 4. The molecule has 1 atom stereocenters. The standard InChI is InChI=1S/C15H17N3O2S/c1-2-6-14(19)16-15-12-9-21(20)10-13(12)17-18(15)11-7-4-3-5-8-11/h3-5,7-8H,2,6,9-10H2,1H3,(H,16,19)/t21-/m0/s1. The molecule has 5 nitrogen and oxygen atoms in total. The summed E-state index contributed by atoms with van der Waals surface area (Å²) in [4.78, 5) is 11.9. The first-order valence-corrected chi connectivity index (χ1v) is 8.49. The fourth-order valence-electron chi connectivity index (χ4n) is 2.43. The van der Waals surface area contributed by atoms with Crippen LogP contribution in [0.3, 0.4) is 0 Å². The molecule has 1 N–H and O–H groups in total. The summed E-state index contributed by atoms with van der Waals surface area (Å²) in [5.74, 6) is 1.56. The van der Waals surface area contributed by atoms with Crippen LogP contribution in [0.4, 0.5) is 5.82 Å². The number of amides is 1. The first-order valence-electron chi connectivity index (χ1n) is 7.00. The summed E-state index contributed by atoms with van der Waals surface area (Å²) in [5, 5.41) is 7.47. The van der Waals surface area contributed by atoms with Crippen molar-refractivity contribution in [1.82, 2.24) is 9.78 Å². The molecule has 1 aromatic heterocycles. The van der Waals surface area contributed by atoms with Crippen molar-refractivity contribution in [3.05, 3.63) is 41.6 Å². The van der Waals surface area contributed by atoms with Gasteiger partial charge in [0.05, 0.1) is 22.9 Å². The molecule has 1 aliphatic rings. The number of nitrogens with zero attached hydrogens (tertiary/aromatic N) is 2. The van der Waals surface area contributed by atoms with Gasteiger partial charge in [-0.2, -0.15) is 5.10 Å². The van der Waals surface area contributed by atoms with E-state index in [4.69, 9.17) is 0 Å². The van der Waals surface area contributed by atoms with E-state index in [-0.39, 0.29) is 5.91 Å². The Morgan fingerprint density at radius 2 is 2.10 bits per heavy atom. The molecule has 1 aromatic carbocycles. The number of hydrogen-bond acceptors (Lipinski definition) is 3. The number of benzene rings is 1. The summed E-state index contributed by atoms with van der Waals surface area (Å²) in [6.45, 7) is 1.97. The Morgan fingerprint density at radius 3 is 2.81 bits per heavy atom. The first kappa shape index (κ1) is 14.0. The number of carbonyl (C=O) groups excluding carboxylic acids is 1. The lowest BCUT2D eigenvalue weighted by molar-refractivity contribution is -0.116. The van der Waals surface area contributed by atoms with Gasteiger partial charge in [0.1, 0.15) is 5.82 Å². The summed E-state index contributed by atoms with van der Waals surface area (Å²) in [6.07, 6.45) is 1.26. The lowest BCUT2D eigenvalue weighted by Gasteiger charge is -2.10. The number of nitrogens with one attached hydrogen (secondary N) is 1. The van der Waals surface area contributed by atoms with Crippen LogP contribution in [-0.4, -0.2) is 19.9 Å². The third-order valence-corrected chi connectivity index (χ3v) is 4.61. The highest BCUT2D eigenvalue weighted by Gasteiger charge is 2.28. The number of fused-ring (bicyclic) bond motifs is 1. The van der Waals surface area contributed by atoms with E-state index >= 15 is 0 Å². The van der Waals surface area contributed by atoms with E-state index in [0.717, 1.165) is 23.4 Å². The largest absolute Gasteiger partial charge is 0.310 e. The van der Waals surface area contributed by atoms with Crippen LogP contribution in [0, 0.1) is 0 Å². The fourth-order valence-corrected chi connectivity index (χ4v) is 3.70. The van der Waals surface area contributed by atoms with Gasteiger partial charge < -0.3 is 5.32 Å². The van der Waals surface area contributed by atoms with Crippen molar-refractivity contribution in [1.29, 1.82) is 0 Å². The Kier molecular flexibility index (Phi) is 3.88. The average molecular weight is 303 g/mol. The molecule has 3 rings (SSSR count). The molecule has 0 fully saturated rings. The van der Waals surface area contributed by atoms with Crippen LogP contribution in [-0.2, 0) is 27.1 Å². The summed E-state index contributed by atoms with van der Waals surface area (Å²) < 4.78 is 13.5. The quantitative estimate of drug-likeness (QED) is 0.943. The Morgan fingerprint density at radius 1 is 1.33 bits per heavy atom. The second kappa shape index (κ2) is 5.81. The molecule has 0 aliphatic carbocycles. The van der Waals surface area contributed by atoms with Crippen LogP contribution in [0.1, 0.15) is 31.0 Å². The Labute approximate surface area is 125 Å². The normalized spacial score (nSPS) is 16.7. The van der Waals surface area contributed by atoms with Gasteiger partial charge in [-0.15, -0.1) is 0 Å². The van der Waals surface area contributed by atoms with Crippen LogP contribution in [0.2, 0.25) is 0 Å². The third-order valence-electron chi connectivity index (χ3n) is 3.41. The minimum absolute atomic E-state index is 0.0323. The topological polar surface area (TPSA) is 64.0 Å². The lowest BCUT2D eigenvalue weighted by Crippen LogP contribution is -2.15. The minimum atomic E-state index is -0.909. The van der Waals surface area contributed by atoms with Crippen molar-refractivity contribution in [2.45, 2.75) is 31.3 Å². The van der Waals surface area contributed by atoms with E-state index < -0.39 is 10.8 Å². The van der Waals surface area contributed by atoms with E-state index in [1.54, 1.807) is 4.68 Å². The van der Waals surface area contributed by atoms with E-state index in [9.17, 15) is 9.00 Å². The molecule has 21 heavy (non-hydrogen) atoms. The van der Waals surface area contributed by atoms with Gasteiger partial charge in [-0.25, -0.2) is 4.68 Å². The summed E-state index contributed by atoms with van der Waals surface area (Å²) >= 11 is 0. The highest BCUT2D eigenvalue weighted by molar-refractivity contribution is 7.83. The molecule has 0 bridgehead atoms. The number of aromatic nitrogens is 2. The highest BCUT2D eigenvalue weighted by Crippen LogP contribution is 2.31. The minimum Gasteiger partial charge on any atom is -0.310 e. The Balaban J connectivity index is 2.02. The van der Waals surface area contributed by atoms with Gasteiger partial charge in [0, 0.05) is 22.8 Å². The fraction of sp³-hybridized carbons (Fsp3) is 0.333. The maximum atomic E-state index is 11.9. The maximum absolute atomic E-state index is 11.9. The second-order valence-corrected chi connectivity index (χ2v) is 6.50. The molecule has 0 saturated carbocycles. The van der Waals surface area contributed by atoms with E-state index in [0.29, 0.717) is 23.7 Å². The number of hydrogen-bond donors (Lipinski definition) is 1. The average Bonchev–Trinajstić information content (AvgIpc) is 2.98. The van der Waals surface area contributed by atoms with Gasteiger partial charge in [0.2, 0.25) is 5.91 Å². The summed E-state index contributed by atoms with van der Waals surface area (Å²) in [5.41, 5.74) is 2.62. The number of carbonyl (C=O) groups is 1. The smallest absolute Gasteiger partial charge is 0.225 e. The van der Waals surface area contributed by atoms with Gasteiger partial charge in [0.25, 0.3) is 0 Å².